The Balaban J connectivity index is 2.11. The molecule has 0 fully saturated rings. The molecule has 2 heterocycles. The van der Waals surface area contributed by atoms with Gasteiger partial charge < -0.3 is 4.57 Å². The van der Waals surface area contributed by atoms with Crippen LogP contribution in [0.2, 0.25) is 0 Å². The molecule has 0 bridgehead atoms. The number of aryl methyl sites for hydroxylation is 1. The number of benzene rings is 1. The number of carbonyl (C=O) groups excluding carboxylic acids is 1. The maximum atomic E-state index is 12.9. The number of imidazole rings is 1. The summed E-state index contributed by atoms with van der Waals surface area (Å²) in [6, 6.07) is 8.97. The summed E-state index contributed by atoms with van der Waals surface area (Å²) in [5.74, 6) is 0.495. The Labute approximate surface area is 168 Å². The third-order valence-electron chi connectivity index (χ3n) is 4.93. The van der Waals surface area contributed by atoms with Gasteiger partial charge in [-0.1, -0.05) is 44.2 Å². The number of carbonyl (C=O) groups is 1. The van der Waals surface area contributed by atoms with E-state index in [1.807, 2.05) is 6.07 Å². The summed E-state index contributed by atoms with van der Waals surface area (Å²) in [4.78, 5) is 46.6. The fourth-order valence-electron chi connectivity index (χ4n) is 3.53. The van der Waals surface area contributed by atoms with Gasteiger partial charge in [-0.05, 0) is 25.9 Å². The van der Waals surface area contributed by atoms with Gasteiger partial charge in [0.25, 0.3) is 5.56 Å². The number of fused-ring (bicyclic) bond motifs is 1. The molecule has 0 saturated carbocycles. The third-order valence-corrected chi connectivity index (χ3v) is 4.93. The number of hydrogen-bond acceptors (Lipinski definition) is 5. The lowest BCUT2D eigenvalue weighted by molar-refractivity contribution is 0.0971. The predicted molar refractivity (Wildman–Crippen MR) is 112 cm³/mol. The van der Waals surface area contributed by atoms with Gasteiger partial charge >= 0.3 is 5.69 Å². The quantitative estimate of drug-likeness (QED) is 0.557. The van der Waals surface area contributed by atoms with Crippen molar-refractivity contribution in [3.8, 4) is 0 Å². The van der Waals surface area contributed by atoms with Crippen LogP contribution in [0.3, 0.4) is 0 Å². The fourth-order valence-corrected chi connectivity index (χ4v) is 3.53. The zero-order valence-corrected chi connectivity index (χ0v) is 17.1. The largest absolute Gasteiger partial charge is 0.329 e. The van der Waals surface area contributed by atoms with E-state index < -0.39 is 11.2 Å². The average Bonchev–Trinajstić information content (AvgIpc) is 3.06. The van der Waals surface area contributed by atoms with Crippen molar-refractivity contribution < 1.29 is 4.79 Å². The lowest BCUT2D eigenvalue weighted by Crippen LogP contribution is -2.30. The highest BCUT2D eigenvalue weighted by Crippen LogP contribution is 2.15. The molecule has 0 spiro atoms. The standard InChI is InChI=1S/C21H27N5O3/c1-4-11-25(12-5-2)14-17-22-19-18(20(28)23-21(29)24(19)3)26(17)13-16(27)15-9-7-6-8-10-15/h6-10H,4-5,11-14H2,1-3H3,(H,23,28,29). The second-order valence-corrected chi connectivity index (χ2v) is 7.17. The molecule has 3 aromatic rings. The molecule has 0 atom stereocenters. The summed E-state index contributed by atoms with van der Waals surface area (Å²) in [6.45, 7) is 6.49. The van der Waals surface area contributed by atoms with Crippen molar-refractivity contribution in [1.29, 1.82) is 0 Å². The van der Waals surface area contributed by atoms with Gasteiger partial charge in [0.15, 0.2) is 16.9 Å². The Hall–Kier alpha value is -3.00. The number of rotatable bonds is 9. The first-order valence-corrected chi connectivity index (χ1v) is 9.95. The molecule has 154 valence electrons. The van der Waals surface area contributed by atoms with Crippen LogP contribution in [0.15, 0.2) is 39.9 Å². The van der Waals surface area contributed by atoms with E-state index in [9.17, 15) is 14.4 Å². The second kappa shape index (κ2) is 9.00. The molecule has 1 N–H and O–H groups in total. The van der Waals surface area contributed by atoms with Crippen molar-refractivity contribution >= 4 is 16.9 Å². The summed E-state index contributed by atoms with van der Waals surface area (Å²) < 4.78 is 2.97. The molecule has 0 radical (unpaired) electrons. The number of aromatic amines is 1. The van der Waals surface area contributed by atoms with E-state index in [0.29, 0.717) is 23.6 Å². The topological polar surface area (TPSA) is 93.0 Å². The first kappa shape index (κ1) is 20.7. The molecule has 0 aliphatic heterocycles. The number of Topliss-reactive ketones (excluding diaryl/α,β-unsaturated/α-hetero) is 1. The molecule has 0 amide bonds. The molecule has 0 unspecified atom stereocenters. The SMILES string of the molecule is CCCN(CCC)Cc1nc2c(c(=O)[nH]c(=O)n2C)n1CC(=O)c1ccccc1. The van der Waals surface area contributed by atoms with E-state index in [2.05, 4.69) is 28.7 Å². The van der Waals surface area contributed by atoms with Crippen LogP contribution >= 0.6 is 0 Å². The Kier molecular flexibility index (Phi) is 6.43. The monoisotopic (exact) mass is 397 g/mol. The van der Waals surface area contributed by atoms with Crippen LogP contribution in [0.1, 0.15) is 42.9 Å². The molecule has 0 aliphatic carbocycles. The van der Waals surface area contributed by atoms with E-state index in [4.69, 9.17) is 0 Å². The molecule has 2 aromatic heterocycles. The van der Waals surface area contributed by atoms with Crippen LogP contribution in [-0.4, -0.2) is 42.9 Å². The Bertz CT molecular complexity index is 1110. The van der Waals surface area contributed by atoms with Crippen LogP contribution in [0.25, 0.3) is 11.2 Å². The highest BCUT2D eigenvalue weighted by atomic mass is 16.2. The number of H-pyrrole nitrogens is 1. The Morgan fingerprint density at radius 3 is 2.38 bits per heavy atom. The number of hydrogen-bond donors (Lipinski definition) is 1. The number of nitrogens with one attached hydrogen (secondary N) is 1. The van der Waals surface area contributed by atoms with Gasteiger partial charge in [0.1, 0.15) is 5.82 Å². The van der Waals surface area contributed by atoms with Gasteiger partial charge in [0.05, 0.1) is 13.1 Å². The summed E-state index contributed by atoms with van der Waals surface area (Å²) in [5.41, 5.74) is 0.0645. The number of aromatic nitrogens is 4. The fraction of sp³-hybridized carbons (Fsp3) is 0.429. The molecule has 8 nitrogen and oxygen atoms in total. The molecule has 0 aliphatic rings. The van der Waals surface area contributed by atoms with Crippen molar-refractivity contribution in [3.63, 3.8) is 0 Å². The zero-order valence-electron chi connectivity index (χ0n) is 17.1. The Morgan fingerprint density at radius 1 is 1.10 bits per heavy atom. The van der Waals surface area contributed by atoms with E-state index in [-0.39, 0.29) is 17.8 Å². The van der Waals surface area contributed by atoms with Gasteiger partial charge in [0.2, 0.25) is 0 Å². The first-order valence-electron chi connectivity index (χ1n) is 9.95. The average molecular weight is 397 g/mol. The van der Waals surface area contributed by atoms with E-state index in [1.54, 1.807) is 35.9 Å². The van der Waals surface area contributed by atoms with Gasteiger partial charge in [-0.3, -0.25) is 24.0 Å². The van der Waals surface area contributed by atoms with Gasteiger partial charge in [-0.15, -0.1) is 0 Å². The highest BCUT2D eigenvalue weighted by molar-refractivity contribution is 5.96. The molecule has 0 saturated heterocycles. The normalized spacial score (nSPS) is 11.4. The van der Waals surface area contributed by atoms with Crippen molar-refractivity contribution in [2.75, 3.05) is 13.1 Å². The van der Waals surface area contributed by atoms with Gasteiger partial charge in [-0.2, -0.15) is 0 Å². The molecular formula is C21H27N5O3. The molecule has 1 aromatic carbocycles. The van der Waals surface area contributed by atoms with E-state index in [0.717, 1.165) is 25.9 Å². The zero-order chi connectivity index (χ0) is 21.0. The summed E-state index contributed by atoms with van der Waals surface area (Å²) in [5, 5.41) is 0. The van der Waals surface area contributed by atoms with E-state index >= 15 is 0 Å². The first-order chi connectivity index (χ1) is 14.0. The summed E-state index contributed by atoms with van der Waals surface area (Å²) in [6.07, 6.45) is 1.98. The minimum Gasteiger partial charge on any atom is -0.313 e. The lowest BCUT2D eigenvalue weighted by atomic mass is 10.1. The second-order valence-electron chi connectivity index (χ2n) is 7.17. The predicted octanol–water partition coefficient (Wildman–Crippen LogP) is 1.93. The van der Waals surface area contributed by atoms with Crippen molar-refractivity contribution in [1.82, 2.24) is 24.0 Å². The van der Waals surface area contributed by atoms with Crippen molar-refractivity contribution in [2.45, 2.75) is 39.8 Å². The smallest absolute Gasteiger partial charge is 0.313 e. The van der Waals surface area contributed by atoms with E-state index in [1.165, 1.54) is 4.57 Å². The Morgan fingerprint density at radius 2 is 1.76 bits per heavy atom. The summed E-state index contributed by atoms with van der Waals surface area (Å²) in [7, 11) is 1.57. The minimum atomic E-state index is -0.528. The van der Waals surface area contributed by atoms with Crippen LogP contribution < -0.4 is 11.2 Å². The number of ketones is 1. The van der Waals surface area contributed by atoms with Crippen LogP contribution in [0, 0.1) is 0 Å². The highest BCUT2D eigenvalue weighted by Gasteiger charge is 2.21. The number of nitrogens with zero attached hydrogens (tertiary/aromatic N) is 4. The van der Waals surface area contributed by atoms with Crippen LogP contribution in [0.5, 0.6) is 0 Å². The molecule has 8 heteroatoms. The lowest BCUT2D eigenvalue weighted by Gasteiger charge is -2.21. The van der Waals surface area contributed by atoms with Gasteiger partial charge in [-0.25, -0.2) is 9.78 Å². The van der Waals surface area contributed by atoms with Crippen molar-refractivity contribution in [3.05, 3.63) is 62.6 Å². The van der Waals surface area contributed by atoms with Crippen LogP contribution in [0.4, 0.5) is 0 Å². The van der Waals surface area contributed by atoms with Crippen LogP contribution in [-0.2, 0) is 20.1 Å². The van der Waals surface area contributed by atoms with Crippen molar-refractivity contribution in [2.24, 2.45) is 7.05 Å². The summed E-state index contributed by atoms with van der Waals surface area (Å²) >= 11 is 0. The maximum absolute atomic E-state index is 12.9. The maximum Gasteiger partial charge on any atom is 0.329 e. The molecular weight excluding hydrogens is 370 g/mol. The third kappa shape index (κ3) is 4.37. The molecule has 3 rings (SSSR count). The van der Waals surface area contributed by atoms with Gasteiger partial charge in [0, 0.05) is 12.6 Å². The minimum absolute atomic E-state index is 0.0107. The molecule has 29 heavy (non-hydrogen) atoms.